The monoisotopic (exact) mass is 425 g/mol. The molecule has 2 aromatic rings. The van der Waals surface area contributed by atoms with Crippen molar-refractivity contribution in [2.24, 2.45) is 0 Å². The van der Waals surface area contributed by atoms with Crippen molar-refractivity contribution in [2.45, 2.75) is 29.8 Å². The Bertz CT molecular complexity index is 1060. The number of hydrogen-bond acceptors (Lipinski definition) is 6. The highest BCUT2D eigenvalue weighted by Crippen LogP contribution is 2.33. The molecule has 0 spiro atoms. The number of halogens is 2. The predicted octanol–water partition coefficient (Wildman–Crippen LogP) is 1.47. The summed E-state index contributed by atoms with van der Waals surface area (Å²) in [5.41, 5.74) is -2.22. The molecule has 8 nitrogen and oxygen atoms in total. The van der Waals surface area contributed by atoms with Gasteiger partial charge in [0.15, 0.2) is 5.03 Å². The van der Waals surface area contributed by atoms with Crippen molar-refractivity contribution in [3.8, 4) is 5.75 Å². The Morgan fingerprint density at radius 1 is 1.38 bits per heavy atom. The van der Waals surface area contributed by atoms with Crippen molar-refractivity contribution in [2.75, 3.05) is 13.1 Å². The molecule has 1 aliphatic rings. The van der Waals surface area contributed by atoms with Crippen molar-refractivity contribution in [1.29, 1.82) is 0 Å². The average molecular weight is 425 g/mol. The first-order valence-corrected chi connectivity index (χ1v) is 9.88. The fourth-order valence-electron chi connectivity index (χ4n) is 2.98. The Hall–Kier alpha value is -2.65. The number of aliphatic hydroxyl groups is 2. The Morgan fingerprint density at radius 3 is 2.66 bits per heavy atom. The number of pyridine rings is 1. The van der Waals surface area contributed by atoms with Crippen LogP contribution < -0.4 is 4.74 Å². The number of ether oxygens (including phenoxy) is 1. The van der Waals surface area contributed by atoms with E-state index in [0.717, 1.165) is 28.7 Å². The minimum atomic E-state index is -4.21. The van der Waals surface area contributed by atoms with Crippen molar-refractivity contribution in [3.63, 3.8) is 0 Å². The van der Waals surface area contributed by atoms with Gasteiger partial charge in [-0.3, -0.25) is 0 Å². The third-order valence-electron chi connectivity index (χ3n) is 4.70. The highest BCUT2D eigenvalue weighted by atomic mass is 32.2. The van der Waals surface area contributed by atoms with Gasteiger partial charge in [0.2, 0.25) is 5.69 Å². The highest BCUT2D eigenvalue weighted by molar-refractivity contribution is 7.89. The molecule has 1 aromatic heterocycles. The number of β-amino-alcohol motifs (C(OH)–C–C–N with tert-alkyl or cyclic N) is 1. The van der Waals surface area contributed by atoms with Gasteiger partial charge in [0, 0.05) is 12.6 Å². The first kappa shape index (κ1) is 21.1. The molecule has 11 heteroatoms. The van der Waals surface area contributed by atoms with Gasteiger partial charge in [0.25, 0.3) is 10.0 Å². The largest absolute Gasteiger partial charge is 0.486 e. The van der Waals surface area contributed by atoms with Gasteiger partial charge in [-0.15, -0.1) is 0 Å². The Morgan fingerprint density at radius 2 is 2.10 bits per heavy atom. The minimum absolute atomic E-state index is 0.0434. The first-order valence-electron chi connectivity index (χ1n) is 8.43. The fourth-order valence-corrected chi connectivity index (χ4v) is 4.38. The smallest absolute Gasteiger partial charge is 0.260 e. The lowest BCUT2D eigenvalue weighted by molar-refractivity contribution is -0.104. The summed E-state index contributed by atoms with van der Waals surface area (Å²) in [4.78, 5) is 6.55. The number of rotatable bonds is 5. The molecule has 1 aromatic carbocycles. The van der Waals surface area contributed by atoms with Gasteiger partial charge in [-0.2, -0.15) is 4.31 Å². The van der Waals surface area contributed by atoms with Crippen LogP contribution >= 0.6 is 0 Å². The van der Waals surface area contributed by atoms with Crippen LogP contribution in [0.25, 0.3) is 4.85 Å². The van der Waals surface area contributed by atoms with Gasteiger partial charge < -0.3 is 14.9 Å². The van der Waals surface area contributed by atoms with Gasteiger partial charge in [0.1, 0.15) is 29.1 Å². The van der Waals surface area contributed by atoms with Gasteiger partial charge in [0.05, 0.1) is 25.4 Å². The lowest BCUT2D eigenvalue weighted by Gasteiger charge is -2.31. The number of aliphatic hydroxyl groups excluding tert-OH is 1. The van der Waals surface area contributed by atoms with Crippen LogP contribution in [0.1, 0.15) is 6.92 Å². The Labute approximate surface area is 165 Å². The van der Waals surface area contributed by atoms with E-state index in [0.29, 0.717) is 0 Å². The van der Waals surface area contributed by atoms with Crippen molar-refractivity contribution >= 4 is 15.7 Å². The number of hydrogen-bond donors (Lipinski definition) is 2. The molecule has 0 unspecified atom stereocenters. The number of benzene rings is 1. The molecule has 1 aliphatic heterocycles. The van der Waals surface area contributed by atoms with Crippen LogP contribution in [0.5, 0.6) is 5.75 Å². The van der Waals surface area contributed by atoms with E-state index in [2.05, 4.69) is 9.83 Å². The maximum Gasteiger partial charge on any atom is 0.260 e. The summed E-state index contributed by atoms with van der Waals surface area (Å²) < 4.78 is 58.9. The van der Waals surface area contributed by atoms with Gasteiger partial charge in [-0.1, -0.05) is 0 Å². The number of aromatic nitrogens is 1. The van der Waals surface area contributed by atoms with Crippen LogP contribution in [0.15, 0.2) is 41.6 Å². The lowest BCUT2D eigenvalue weighted by atomic mass is 9.94. The van der Waals surface area contributed by atoms with Crippen LogP contribution in [0.3, 0.4) is 0 Å². The van der Waals surface area contributed by atoms with Gasteiger partial charge in [-0.05, 0) is 31.2 Å². The van der Waals surface area contributed by atoms with Crippen LogP contribution in [-0.4, -0.2) is 58.8 Å². The molecule has 1 fully saturated rings. The van der Waals surface area contributed by atoms with Crippen LogP contribution in [0.2, 0.25) is 0 Å². The van der Waals surface area contributed by atoms with E-state index >= 15 is 0 Å². The van der Waals surface area contributed by atoms with Crippen molar-refractivity contribution in [3.05, 3.63) is 59.6 Å². The maximum absolute atomic E-state index is 13.8. The second-order valence-corrected chi connectivity index (χ2v) is 8.50. The molecule has 0 bridgehead atoms. The molecule has 2 N–H and O–H groups in total. The summed E-state index contributed by atoms with van der Waals surface area (Å²) in [6, 6.07) is 5.35. The molecular weight excluding hydrogens is 408 g/mol. The molecule has 1 saturated heterocycles. The molecular formula is C18H17F2N3O5S. The van der Waals surface area contributed by atoms with E-state index in [1.54, 1.807) is 0 Å². The number of sulfonamides is 1. The van der Waals surface area contributed by atoms with E-state index in [-0.39, 0.29) is 18.0 Å². The summed E-state index contributed by atoms with van der Waals surface area (Å²) in [7, 11) is -4.21. The van der Waals surface area contributed by atoms with Crippen molar-refractivity contribution < 1.29 is 32.1 Å². The summed E-state index contributed by atoms with van der Waals surface area (Å²) in [6.45, 7) is 7.25. The van der Waals surface area contributed by atoms with E-state index in [9.17, 15) is 27.4 Å². The lowest BCUT2D eigenvalue weighted by Crippen LogP contribution is -2.53. The Balaban J connectivity index is 1.90. The zero-order valence-corrected chi connectivity index (χ0v) is 16.0. The quantitative estimate of drug-likeness (QED) is 0.704. The zero-order chi connectivity index (χ0) is 21.4. The molecule has 0 amide bonds. The SMILES string of the molecule is [C-]#[N+]c1ccc(O[C@H]2CN(S(=O)(=O)c3ccc(F)cn3)C[C@@]2(O)[C@@H](C)O)cc1F. The summed E-state index contributed by atoms with van der Waals surface area (Å²) in [6.07, 6.45) is -1.88. The average Bonchev–Trinajstić information content (AvgIpc) is 3.01. The van der Waals surface area contributed by atoms with E-state index in [4.69, 9.17) is 11.3 Å². The fraction of sp³-hybridized carbons (Fsp3) is 0.333. The molecule has 3 rings (SSSR count). The minimum Gasteiger partial charge on any atom is -0.486 e. The van der Waals surface area contributed by atoms with Crippen LogP contribution in [0, 0.1) is 18.2 Å². The molecule has 3 atom stereocenters. The van der Waals surface area contributed by atoms with Gasteiger partial charge >= 0.3 is 0 Å². The third kappa shape index (κ3) is 3.92. The Kier molecular flexibility index (Phi) is 5.55. The molecule has 0 saturated carbocycles. The molecule has 2 heterocycles. The number of nitrogens with zero attached hydrogens (tertiary/aromatic N) is 3. The molecule has 0 radical (unpaired) electrons. The van der Waals surface area contributed by atoms with Gasteiger partial charge in [-0.25, -0.2) is 27.0 Å². The standard InChI is InChI=1S/C18H17F2N3O5S/c1-11(24)18(25)10-23(29(26,27)17-6-3-12(19)8-22-17)9-16(18)28-13-4-5-15(21-2)14(20)7-13/h3-8,11,16,24-25H,9-10H2,1H3/t11-,16+,18-/m1/s1. The maximum atomic E-state index is 13.8. The van der Waals surface area contributed by atoms with E-state index < -0.39 is 51.0 Å². The highest BCUT2D eigenvalue weighted by Gasteiger charge is 2.54. The van der Waals surface area contributed by atoms with E-state index in [1.165, 1.54) is 19.1 Å². The van der Waals surface area contributed by atoms with E-state index in [1.807, 2.05) is 0 Å². The topological polar surface area (TPSA) is 104 Å². The summed E-state index contributed by atoms with van der Waals surface area (Å²) in [5.74, 6) is -1.59. The first-order chi connectivity index (χ1) is 13.6. The molecule has 0 aliphatic carbocycles. The normalized spacial score (nSPS) is 23.5. The third-order valence-corrected chi connectivity index (χ3v) is 6.43. The van der Waals surface area contributed by atoms with Crippen LogP contribution in [-0.2, 0) is 10.0 Å². The van der Waals surface area contributed by atoms with Crippen molar-refractivity contribution in [1.82, 2.24) is 9.29 Å². The molecule has 29 heavy (non-hydrogen) atoms. The zero-order valence-electron chi connectivity index (χ0n) is 15.2. The second kappa shape index (κ2) is 7.64. The second-order valence-electron chi connectivity index (χ2n) is 6.61. The van der Waals surface area contributed by atoms with Crippen LogP contribution in [0.4, 0.5) is 14.5 Å². The molecule has 154 valence electrons. The summed E-state index contributed by atoms with van der Waals surface area (Å²) in [5, 5.41) is 20.5. The predicted molar refractivity (Wildman–Crippen MR) is 96.7 cm³/mol. The summed E-state index contributed by atoms with van der Waals surface area (Å²) >= 11 is 0.